The number of hydrogen-bond acceptors (Lipinski definition) is 2. The Bertz CT molecular complexity index is 786. The molecule has 2 N–H and O–H groups in total. The number of anilines is 1. The number of hydrogen-bond donors (Lipinski definition) is 2. The first-order valence-corrected chi connectivity index (χ1v) is 9.30. The number of carbonyl (C=O) groups excluding carboxylic acids is 2. The molecule has 0 unspecified atom stereocenters. The molecule has 0 aromatic heterocycles. The van der Waals surface area contributed by atoms with E-state index in [2.05, 4.69) is 10.6 Å². The monoisotopic (exact) mass is 369 g/mol. The molecule has 0 radical (unpaired) electrons. The van der Waals surface area contributed by atoms with Crippen molar-refractivity contribution in [3.63, 3.8) is 0 Å². The van der Waals surface area contributed by atoms with Gasteiger partial charge in [-0.3, -0.25) is 4.79 Å². The number of benzene rings is 2. The van der Waals surface area contributed by atoms with Gasteiger partial charge < -0.3 is 15.5 Å². The van der Waals surface area contributed by atoms with Gasteiger partial charge in [-0.05, 0) is 61.6 Å². The molecule has 0 spiro atoms. The summed E-state index contributed by atoms with van der Waals surface area (Å²) in [6.45, 7) is 2.02. The zero-order valence-corrected chi connectivity index (χ0v) is 15.2. The van der Waals surface area contributed by atoms with Crippen LogP contribution < -0.4 is 10.6 Å². The summed E-state index contributed by atoms with van der Waals surface area (Å²) < 4.78 is 12.9. The van der Waals surface area contributed by atoms with Crippen molar-refractivity contribution in [2.75, 3.05) is 25.0 Å². The Kier molecular flexibility index (Phi) is 6.41. The second kappa shape index (κ2) is 9.16. The van der Waals surface area contributed by atoms with Gasteiger partial charge in [-0.2, -0.15) is 0 Å². The zero-order chi connectivity index (χ0) is 19.1. The third-order valence-corrected chi connectivity index (χ3v) is 4.62. The molecule has 3 rings (SSSR count). The Morgan fingerprint density at radius 3 is 2.48 bits per heavy atom. The summed E-state index contributed by atoms with van der Waals surface area (Å²) in [6.07, 6.45) is 3.87. The molecule has 1 fully saturated rings. The lowest BCUT2D eigenvalue weighted by Gasteiger charge is -2.26. The second-order valence-electron chi connectivity index (χ2n) is 6.69. The smallest absolute Gasteiger partial charge is 0.319 e. The lowest BCUT2D eigenvalue weighted by atomic mass is 10.1. The van der Waals surface area contributed by atoms with E-state index in [-0.39, 0.29) is 17.8 Å². The molecular formula is C21H24FN3O2. The minimum Gasteiger partial charge on any atom is -0.339 e. The van der Waals surface area contributed by atoms with Crippen molar-refractivity contribution in [1.82, 2.24) is 10.2 Å². The Morgan fingerprint density at radius 1 is 1.00 bits per heavy atom. The van der Waals surface area contributed by atoms with Gasteiger partial charge in [0, 0.05) is 30.9 Å². The van der Waals surface area contributed by atoms with Crippen LogP contribution in [0.5, 0.6) is 0 Å². The number of urea groups is 1. The predicted molar refractivity (Wildman–Crippen MR) is 103 cm³/mol. The predicted octanol–water partition coefficient (Wildman–Crippen LogP) is 3.82. The van der Waals surface area contributed by atoms with E-state index in [0.29, 0.717) is 24.2 Å². The van der Waals surface area contributed by atoms with Crippen LogP contribution in [0.4, 0.5) is 14.9 Å². The highest BCUT2D eigenvalue weighted by Crippen LogP contribution is 2.16. The van der Waals surface area contributed by atoms with Crippen LogP contribution in [0.25, 0.3) is 0 Å². The van der Waals surface area contributed by atoms with E-state index in [0.717, 1.165) is 31.5 Å². The van der Waals surface area contributed by atoms with E-state index in [4.69, 9.17) is 0 Å². The molecule has 27 heavy (non-hydrogen) atoms. The lowest BCUT2D eigenvalue weighted by Crippen LogP contribution is -2.35. The number of nitrogens with one attached hydrogen (secondary N) is 2. The Balaban J connectivity index is 1.50. The number of halogens is 1. The first kappa shape index (κ1) is 18.9. The van der Waals surface area contributed by atoms with Crippen molar-refractivity contribution in [3.8, 4) is 0 Å². The highest BCUT2D eigenvalue weighted by molar-refractivity contribution is 5.97. The van der Waals surface area contributed by atoms with Gasteiger partial charge in [0.25, 0.3) is 5.91 Å². The van der Waals surface area contributed by atoms with Gasteiger partial charge in [0.05, 0.1) is 0 Å². The fourth-order valence-electron chi connectivity index (χ4n) is 3.16. The summed E-state index contributed by atoms with van der Waals surface area (Å²) in [5.74, 6) is -0.265. The standard InChI is InChI=1S/C21H24FN3O2/c22-18-9-7-16(8-10-18)11-12-23-21(27)24-19-6-4-5-17(15-19)20(26)25-13-2-1-3-14-25/h4-10,15H,1-3,11-14H2,(H2,23,24,27). The third-order valence-electron chi connectivity index (χ3n) is 4.62. The fraction of sp³-hybridized carbons (Fsp3) is 0.333. The first-order chi connectivity index (χ1) is 13.1. The number of piperidine rings is 1. The number of rotatable bonds is 5. The number of nitrogens with zero attached hydrogens (tertiary/aromatic N) is 1. The molecule has 6 heteroatoms. The van der Waals surface area contributed by atoms with Gasteiger partial charge in [0.1, 0.15) is 5.82 Å². The van der Waals surface area contributed by atoms with E-state index in [9.17, 15) is 14.0 Å². The molecule has 2 aromatic carbocycles. The number of carbonyl (C=O) groups is 2. The number of amides is 3. The first-order valence-electron chi connectivity index (χ1n) is 9.30. The third kappa shape index (κ3) is 5.54. The molecule has 0 bridgehead atoms. The summed E-state index contributed by atoms with van der Waals surface area (Å²) in [4.78, 5) is 26.5. The Morgan fingerprint density at radius 2 is 1.74 bits per heavy atom. The lowest BCUT2D eigenvalue weighted by molar-refractivity contribution is 0.0724. The normalized spacial score (nSPS) is 13.9. The van der Waals surface area contributed by atoms with Crippen LogP contribution in [0.1, 0.15) is 35.2 Å². The molecule has 1 saturated heterocycles. The van der Waals surface area contributed by atoms with Crippen LogP contribution in [0.2, 0.25) is 0 Å². The minimum absolute atomic E-state index is 0.00932. The maximum absolute atomic E-state index is 12.9. The molecule has 1 heterocycles. The highest BCUT2D eigenvalue weighted by Gasteiger charge is 2.18. The molecule has 1 aliphatic heterocycles. The summed E-state index contributed by atoms with van der Waals surface area (Å²) in [5.41, 5.74) is 2.11. The summed E-state index contributed by atoms with van der Waals surface area (Å²) >= 11 is 0. The minimum atomic E-state index is -0.334. The van der Waals surface area contributed by atoms with Gasteiger partial charge in [-0.1, -0.05) is 18.2 Å². The van der Waals surface area contributed by atoms with Crippen molar-refractivity contribution in [2.24, 2.45) is 0 Å². The van der Waals surface area contributed by atoms with Gasteiger partial charge in [-0.25, -0.2) is 9.18 Å². The van der Waals surface area contributed by atoms with Gasteiger partial charge in [-0.15, -0.1) is 0 Å². The van der Waals surface area contributed by atoms with Crippen molar-refractivity contribution in [1.29, 1.82) is 0 Å². The topological polar surface area (TPSA) is 61.4 Å². The van der Waals surface area contributed by atoms with E-state index < -0.39 is 0 Å². The second-order valence-corrected chi connectivity index (χ2v) is 6.69. The fourth-order valence-corrected chi connectivity index (χ4v) is 3.16. The molecule has 5 nitrogen and oxygen atoms in total. The maximum Gasteiger partial charge on any atom is 0.319 e. The van der Waals surface area contributed by atoms with Crippen molar-refractivity contribution in [3.05, 3.63) is 65.5 Å². The summed E-state index contributed by atoms with van der Waals surface area (Å²) in [7, 11) is 0. The average molecular weight is 369 g/mol. The zero-order valence-electron chi connectivity index (χ0n) is 15.2. The highest BCUT2D eigenvalue weighted by atomic mass is 19.1. The quantitative estimate of drug-likeness (QED) is 0.842. The molecule has 0 saturated carbocycles. The molecular weight excluding hydrogens is 345 g/mol. The summed E-state index contributed by atoms with van der Waals surface area (Å²) in [5, 5.41) is 5.52. The van der Waals surface area contributed by atoms with Gasteiger partial charge >= 0.3 is 6.03 Å². The Hall–Kier alpha value is -2.89. The van der Waals surface area contributed by atoms with E-state index in [1.54, 1.807) is 36.4 Å². The van der Waals surface area contributed by atoms with Gasteiger partial charge in [0.2, 0.25) is 0 Å². The molecule has 0 atom stereocenters. The van der Waals surface area contributed by atoms with Crippen LogP contribution in [-0.2, 0) is 6.42 Å². The molecule has 142 valence electrons. The molecule has 1 aliphatic rings. The average Bonchev–Trinajstić information content (AvgIpc) is 2.70. The van der Waals surface area contributed by atoms with Crippen LogP contribution in [0, 0.1) is 5.82 Å². The van der Waals surface area contributed by atoms with Crippen molar-refractivity contribution < 1.29 is 14.0 Å². The largest absolute Gasteiger partial charge is 0.339 e. The van der Waals surface area contributed by atoms with Crippen molar-refractivity contribution >= 4 is 17.6 Å². The Labute approximate surface area is 158 Å². The van der Waals surface area contributed by atoms with Crippen LogP contribution in [0.15, 0.2) is 48.5 Å². The van der Waals surface area contributed by atoms with Gasteiger partial charge in [0.15, 0.2) is 0 Å². The van der Waals surface area contributed by atoms with Crippen LogP contribution >= 0.6 is 0 Å². The van der Waals surface area contributed by atoms with E-state index >= 15 is 0 Å². The molecule has 3 amide bonds. The molecule has 0 aliphatic carbocycles. The van der Waals surface area contributed by atoms with Crippen LogP contribution in [-0.4, -0.2) is 36.5 Å². The van der Waals surface area contributed by atoms with Crippen LogP contribution in [0.3, 0.4) is 0 Å². The maximum atomic E-state index is 12.9. The number of likely N-dealkylation sites (tertiary alicyclic amines) is 1. The van der Waals surface area contributed by atoms with E-state index in [1.807, 2.05) is 4.90 Å². The molecule has 2 aromatic rings. The SMILES string of the molecule is O=C(NCCc1ccc(F)cc1)Nc1cccc(C(=O)N2CCCCC2)c1. The summed E-state index contributed by atoms with van der Waals surface area (Å²) in [6, 6.07) is 12.9. The van der Waals surface area contributed by atoms with E-state index in [1.165, 1.54) is 18.6 Å². The van der Waals surface area contributed by atoms with Crippen molar-refractivity contribution in [2.45, 2.75) is 25.7 Å².